The lowest BCUT2D eigenvalue weighted by atomic mass is 9.62. The van der Waals surface area contributed by atoms with Crippen molar-refractivity contribution in [2.45, 2.75) is 89.6 Å². The first-order valence-corrected chi connectivity index (χ1v) is 15.0. The van der Waals surface area contributed by atoms with Crippen LogP contribution >= 0.6 is 0 Å². The van der Waals surface area contributed by atoms with Gasteiger partial charge in [-0.15, -0.1) is 0 Å². The van der Waals surface area contributed by atoms with Crippen molar-refractivity contribution in [1.82, 2.24) is 25.5 Å². The van der Waals surface area contributed by atoms with Gasteiger partial charge in [0.05, 0.1) is 18.9 Å². The molecule has 1 saturated heterocycles. The number of hydrogen-bond donors (Lipinski definition) is 4. The summed E-state index contributed by atoms with van der Waals surface area (Å²) in [5.41, 5.74) is 1.01. The highest BCUT2D eigenvalue weighted by Gasteiger charge is 2.51. The summed E-state index contributed by atoms with van der Waals surface area (Å²) >= 11 is 0. The van der Waals surface area contributed by atoms with E-state index in [-0.39, 0.29) is 17.9 Å². The summed E-state index contributed by atoms with van der Waals surface area (Å²) in [6, 6.07) is 6.10. The standard InChI is InChI=1S/C31H45N5O5/c1-3-7-25-19-31(29(38)39,23-8-5-4-6-9-23)15-17-36(25)28(37)27(18-22-10-12-26(41-2)13-11-22)35-30(40)33-16-14-24-20-32-21-34-24/h10-13,20-21,23,25,27H,3-9,14-19H2,1-2H3,(H,32,34)(H,38,39)(H2,33,35,40). The van der Waals surface area contributed by atoms with E-state index in [1.165, 1.54) is 0 Å². The number of amides is 3. The minimum atomic E-state index is -0.792. The Morgan fingerprint density at radius 1 is 1.20 bits per heavy atom. The van der Waals surface area contributed by atoms with Gasteiger partial charge >= 0.3 is 12.0 Å². The number of imidazole rings is 1. The maximum absolute atomic E-state index is 14.2. The summed E-state index contributed by atoms with van der Waals surface area (Å²) in [6.45, 7) is 2.84. The van der Waals surface area contributed by atoms with Crippen LogP contribution in [0.15, 0.2) is 36.8 Å². The molecule has 3 unspecified atom stereocenters. The van der Waals surface area contributed by atoms with Crippen LogP contribution in [0.3, 0.4) is 0 Å². The molecule has 1 saturated carbocycles. The number of rotatable bonds is 12. The molecule has 41 heavy (non-hydrogen) atoms. The highest BCUT2D eigenvalue weighted by molar-refractivity contribution is 5.88. The Bertz CT molecular complexity index is 1130. The average molecular weight is 568 g/mol. The Morgan fingerprint density at radius 2 is 1.95 bits per heavy atom. The minimum absolute atomic E-state index is 0.152. The van der Waals surface area contributed by atoms with Crippen molar-refractivity contribution < 1.29 is 24.2 Å². The van der Waals surface area contributed by atoms with Crippen LogP contribution in [-0.2, 0) is 22.4 Å². The molecule has 3 atom stereocenters. The predicted molar refractivity (Wildman–Crippen MR) is 156 cm³/mol. The van der Waals surface area contributed by atoms with Gasteiger partial charge in [0.15, 0.2) is 0 Å². The van der Waals surface area contributed by atoms with Gasteiger partial charge in [-0.3, -0.25) is 9.59 Å². The fourth-order valence-electron chi connectivity index (χ4n) is 6.75. The molecule has 0 bridgehead atoms. The molecule has 3 amide bonds. The van der Waals surface area contributed by atoms with Crippen LogP contribution in [-0.4, -0.2) is 70.2 Å². The third-order valence-corrected chi connectivity index (χ3v) is 8.99. The Morgan fingerprint density at radius 3 is 2.59 bits per heavy atom. The largest absolute Gasteiger partial charge is 0.497 e. The average Bonchev–Trinajstić information content (AvgIpc) is 3.51. The Labute approximate surface area is 242 Å². The lowest BCUT2D eigenvalue weighted by molar-refractivity contribution is -0.164. The van der Waals surface area contributed by atoms with E-state index < -0.39 is 23.5 Å². The SMILES string of the molecule is CCCC1CC(C(=O)O)(C2CCCCC2)CCN1C(=O)C(Cc1ccc(OC)cc1)NC(=O)NCCc1cnc[nH]1. The van der Waals surface area contributed by atoms with Gasteiger partial charge in [0, 0.05) is 43.9 Å². The zero-order chi connectivity index (χ0) is 29.2. The molecule has 10 nitrogen and oxygen atoms in total. The third kappa shape index (κ3) is 7.59. The number of aliphatic carboxylic acids is 1. The van der Waals surface area contributed by atoms with Crippen molar-refractivity contribution in [3.05, 3.63) is 48.0 Å². The van der Waals surface area contributed by atoms with Crippen LogP contribution in [0.1, 0.15) is 76.0 Å². The monoisotopic (exact) mass is 567 g/mol. The fraction of sp³-hybridized carbons (Fsp3) is 0.613. The molecule has 224 valence electrons. The van der Waals surface area contributed by atoms with Gasteiger partial charge in [-0.1, -0.05) is 44.7 Å². The van der Waals surface area contributed by atoms with Gasteiger partial charge < -0.3 is 30.4 Å². The van der Waals surface area contributed by atoms with E-state index in [4.69, 9.17) is 4.74 Å². The number of piperidine rings is 1. The molecule has 2 heterocycles. The van der Waals surface area contributed by atoms with E-state index in [1.54, 1.807) is 19.6 Å². The molecular weight excluding hydrogens is 522 g/mol. The maximum Gasteiger partial charge on any atom is 0.315 e. The highest BCUT2D eigenvalue weighted by Crippen LogP contribution is 2.48. The van der Waals surface area contributed by atoms with Gasteiger partial charge in [0.2, 0.25) is 5.91 Å². The number of nitrogens with zero attached hydrogens (tertiary/aromatic N) is 2. The number of hydrogen-bond acceptors (Lipinski definition) is 5. The quantitative estimate of drug-likeness (QED) is 0.302. The number of benzene rings is 1. The lowest BCUT2D eigenvalue weighted by Crippen LogP contribution is -2.60. The van der Waals surface area contributed by atoms with Crippen LogP contribution in [0.25, 0.3) is 0 Å². The zero-order valence-electron chi connectivity index (χ0n) is 24.4. The number of nitrogens with one attached hydrogen (secondary N) is 3. The second-order valence-electron chi connectivity index (χ2n) is 11.6. The minimum Gasteiger partial charge on any atom is -0.497 e. The summed E-state index contributed by atoms with van der Waals surface area (Å²) in [4.78, 5) is 48.8. The number of aromatic amines is 1. The first kappa shape index (κ1) is 30.4. The van der Waals surface area contributed by atoms with Crippen LogP contribution in [0.5, 0.6) is 5.75 Å². The smallest absolute Gasteiger partial charge is 0.315 e. The normalized spacial score (nSPS) is 22.1. The Balaban J connectivity index is 1.51. The first-order valence-electron chi connectivity index (χ1n) is 15.0. The molecule has 1 aliphatic heterocycles. The zero-order valence-corrected chi connectivity index (χ0v) is 24.4. The van der Waals surface area contributed by atoms with Gasteiger partial charge in [-0.05, 0) is 55.7 Å². The number of ether oxygens (including phenoxy) is 1. The first-order chi connectivity index (χ1) is 19.9. The van der Waals surface area contributed by atoms with E-state index >= 15 is 0 Å². The van der Waals surface area contributed by atoms with Crippen molar-refractivity contribution in [3.63, 3.8) is 0 Å². The second kappa shape index (κ2) is 14.4. The number of carboxylic acid groups (broad SMARTS) is 1. The predicted octanol–water partition coefficient (Wildman–Crippen LogP) is 4.31. The summed E-state index contributed by atoms with van der Waals surface area (Å²) in [5, 5.41) is 16.3. The van der Waals surface area contributed by atoms with Crippen molar-refractivity contribution in [2.75, 3.05) is 20.2 Å². The fourth-order valence-corrected chi connectivity index (χ4v) is 6.75. The van der Waals surface area contributed by atoms with Gasteiger partial charge in [0.25, 0.3) is 0 Å². The number of urea groups is 1. The summed E-state index contributed by atoms with van der Waals surface area (Å²) in [6.07, 6.45) is 11.9. The second-order valence-corrected chi connectivity index (χ2v) is 11.6. The van der Waals surface area contributed by atoms with Crippen LogP contribution < -0.4 is 15.4 Å². The summed E-state index contributed by atoms with van der Waals surface area (Å²) in [7, 11) is 1.60. The topological polar surface area (TPSA) is 137 Å². The van der Waals surface area contributed by atoms with E-state index in [0.717, 1.165) is 56.2 Å². The number of carbonyl (C=O) groups is 3. The number of carboxylic acids is 1. The van der Waals surface area contributed by atoms with Crippen molar-refractivity contribution >= 4 is 17.9 Å². The number of methoxy groups -OCH3 is 1. The lowest BCUT2D eigenvalue weighted by Gasteiger charge is -2.49. The number of carbonyl (C=O) groups excluding carboxylic acids is 2. The van der Waals surface area contributed by atoms with Crippen LogP contribution in [0, 0.1) is 11.3 Å². The van der Waals surface area contributed by atoms with Crippen LogP contribution in [0.4, 0.5) is 4.79 Å². The Kier molecular flexibility index (Phi) is 10.7. The third-order valence-electron chi connectivity index (χ3n) is 8.99. The summed E-state index contributed by atoms with van der Waals surface area (Å²) < 4.78 is 5.28. The molecule has 4 rings (SSSR count). The maximum atomic E-state index is 14.2. The molecule has 2 fully saturated rings. The molecule has 4 N–H and O–H groups in total. The molecule has 10 heteroatoms. The molecule has 1 aromatic carbocycles. The van der Waals surface area contributed by atoms with Crippen molar-refractivity contribution in [1.29, 1.82) is 0 Å². The Hall–Kier alpha value is -3.56. The molecule has 0 radical (unpaired) electrons. The van der Waals surface area contributed by atoms with E-state index in [2.05, 4.69) is 27.5 Å². The summed E-state index contributed by atoms with van der Waals surface area (Å²) in [5.74, 6) is -0.0140. The number of aromatic nitrogens is 2. The highest BCUT2D eigenvalue weighted by atomic mass is 16.5. The van der Waals surface area contributed by atoms with Crippen molar-refractivity contribution in [3.8, 4) is 5.75 Å². The molecule has 1 aromatic heterocycles. The van der Waals surface area contributed by atoms with Crippen LogP contribution in [0.2, 0.25) is 0 Å². The van der Waals surface area contributed by atoms with Gasteiger partial charge in [-0.2, -0.15) is 0 Å². The molecule has 2 aliphatic rings. The van der Waals surface area contributed by atoms with E-state index in [1.807, 2.05) is 29.2 Å². The van der Waals surface area contributed by atoms with Crippen molar-refractivity contribution in [2.24, 2.45) is 11.3 Å². The molecule has 0 spiro atoms. The molecule has 1 aliphatic carbocycles. The number of H-pyrrole nitrogens is 1. The number of likely N-dealkylation sites (tertiary alicyclic amines) is 1. The van der Waals surface area contributed by atoms with E-state index in [0.29, 0.717) is 44.5 Å². The van der Waals surface area contributed by atoms with Gasteiger partial charge in [-0.25, -0.2) is 9.78 Å². The molecule has 2 aromatic rings. The van der Waals surface area contributed by atoms with Gasteiger partial charge in [0.1, 0.15) is 11.8 Å². The van der Waals surface area contributed by atoms with E-state index in [9.17, 15) is 19.5 Å². The molecular formula is C31H45N5O5.